The zero-order chi connectivity index (χ0) is 19.7. The number of carbonyl (C=O) groups excluding carboxylic acids is 2. The lowest BCUT2D eigenvalue weighted by molar-refractivity contribution is -0.131. The highest BCUT2D eigenvalue weighted by atomic mass is 35.5. The van der Waals surface area contributed by atoms with E-state index in [0.717, 1.165) is 0 Å². The number of halogens is 1. The van der Waals surface area contributed by atoms with E-state index >= 15 is 0 Å². The summed E-state index contributed by atoms with van der Waals surface area (Å²) in [6.07, 6.45) is -0.158. The molecule has 0 unspecified atom stereocenters. The second kappa shape index (κ2) is 7.15. The van der Waals surface area contributed by atoms with Crippen LogP contribution in [0.25, 0.3) is 0 Å². The molecule has 0 aromatic heterocycles. The number of ether oxygens (including phenoxy) is 1. The van der Waals surface area contributed by atoms with Gasteiger partial charge in [-0.3, -0.25) is 9.69 Å². The van der Waals surface area contributed by atoms with Crippen molar-refractivity contribution in [1.29, 1.82) is 0 Å². The largest absolute Gasteiger partial charge is 0.465 e. The molecule has 0 spiro atoms. The summed E-state index contributed by atoms with van der Waals surface area (Å²) in [4.78, 5) is 38.2. The molecule has 2 N–H and O–H groups in total. The third-order valence-corrected chi connectivity index (χ3v) is 5.10. The minimum Gasteiger partial charge on any atom is -0.465 e. The fourth-order valence-electron chi connectivity index (χ4n) is 3.56. The van der Waals surface area contributed by atoms with Gasteiger partial charge in [0.25, 0.3) is 5.91 Å². The van der Waals surface area contributed by atoms with Gasteiger partial charge in [-0.25, -0.2) is 9.59 Å². The number of methoxy groups -OCH3 is 1. The molecule has 1 aliphatic heterocycles. The molecule has 7 nitrogen and oxygen atoms in total. The van der Waals surface area contributed by atoms with E-state index in [-0.39, 0.29) is 17.8 Å². The SMILES string of the molecule is COC(=O)c1cc(Cl)ccc1NC(=O)[C@@]1(C(C)(C)C)CCCN1C(=O)O. The molecule has 2 amide bonds. The molecule has 1 heterocycles. The van der Waals surface area contributed by atoms with Crippen LogP contribution in [0, 0.1) is 5.41 Å². The highest BCUT2D eigenvalue weighted by molar-refractivity contribution is 6.31. The smallest absolute Gasteiger partial charge is 0.408 e. The quantitative estimate of drug-likeness (QED) is 0.778. The second-order valence-corrected chi connectivity index (χ2v) is 7.72. The summed E-state index contributed by atoms with van der Waals surface area (Å²) >= 11 is 5.94. The summed E-state index contributed by atoms with van der Waals surface area (Å²) in [5.74, 6) is -1.12. The average Bonchev–Trinajstić information content (AvgIpc) is 3.02. The van der Waals surface area contributed by atoms with Crippen molar-refractivity contribution < 1.29 is 24.2 Å². The average molecular weight is 383 g/mol. The van der Waals surface area contributed by atoms with Crippen LogP contribution in [0.5, 0.6) is 0 Å². The maximum atomic E-state index is 13.2. The third kappa shape index (κ3) is 3.35. The van der Waals surface area contributed by atoms with Gasteiger partial charge < -0.3 is 15.2 Å². The molecule has 0 saturated carbocycles. The van der Waals surface area contributed by atoms with Crippen LogP contribution in [-0.4, -0.2) is 47.2 Å². The van der Waals surface area contributed by atoms with Crippen LogP contribution in [0.2, 0.25) is 5.02 Å². The van der Waals surface area contributed by atoms with Crippen LogP contribution < -0.4 is 5.32 Å². The molecule has 0 aliphatic carbocycles. The van der Waals surface area contributed by atoms with Crippen molar-refractivity contribution in [2.45, 2.75) is 39.2 Å². The van der Waals surface area contributed by atoms with Crippen LogP contribution in [0.4, 0.5) is 10.5 Å². The van der Waals surface area contributed by atoms with E-state index in [1.807, 2.05) is 20.8 Å². The monoisotopic (exact) mass is 382 g/mol. The first-order valence-corrected chi connectivity index (χ1v) is 8.62. The molecule has 2 rings (SSSR count). The molecule has 0 radical (unpaired) electrons. The van der Waals surface area contributed by atoms with Gasteiger partial charge in [0.2, 0.25) is 0 Å². The Labute approximate surface area is 157 Å². The fraction of sp³-hybridized carbons (Fsp3) is 0.500. The molecule has 1 aromatic rings. The van der Waals surface area contributed by atoms with Crippen molar-refractivity contribution in [3.8, 4) is 0 Å². The van der Waals surface area contributed by atoms with Gasteiger partial charge in [0.15, 0.2) is 0 Å². The molecule has 8 heteroatoms. The molecule has 26 heavy (non-hydrogen) atoms. The van der Waals surface area contributed by atoms with Crippen LogP contribution >= 0.6 is 11.6 Å². The van der Waals surface area contributed by atoms with Gasteiger partial charge >= 0.3 is 12.1 Å². The van der Waals surface area contributed by atoms with Crippen LogP contribution in [-0.2, 0) is 9.53 Å². The fourth-order valence-corrected chi connectivity index (χ4v) is 3.74. The van der Waals surface area contributed by atoms with Gasteiger partial charge in [-0.2, -0.15) is 0 Å². The predicted octanol–water partition coefficient (Wildman–Crippen LogP) is 3.62. The first kappa shape index (κ1) is 20.0. The van der Waals surface area contributed by atoms with Crippen molar-refractivity contribution in [3.63, 3.8) is 0 Å². The zero-order valence-electron chi connectivity index (χ0n) is 15.3. The normalized spacial score (nSPS) is 20.0. The number of hydrogen-bond donors (Lipinski definition) is 2. The Hall–Kier alpha value is -2.28. The molecule has 1 saturated heterocycles. The van der Waals surface area contributed by atoms with E-state index in [9.17, 15) is 19.5 Å². The first-order valence-electron chi connectivity index (χ1n) is 8.24. The Morgan fingerprint density at radius 3 is 2.50 bits per heavy atom. The van der Waals surface area contributed by atoms with E-state index in [4.69, 9.17) is 16.3 Å². The number of nitrogens with one attached hydrogen (secondary N) is 1. The molecule has 1 aliphatic rings. The van der Waals surface area contributed by atoms with Gasteiger partial charge in [-0.15, -0.1) is 0 Å². The highest BCUT2D eigenvalue weighted by Gasteiger charge is 2.57. The second-order valence-electron chi connectivity index (χ2n) is 7.28. The van der Waals surface area contributed by atoms with Gasteiger partial charge in [-0.1, -0.05) is 32.4 Å². The van der Waals surface area contributed by atoms with Gasteiger partial charge in [0, 0.05) is 11.6 Å². The van der Waals surface area contributed by atoms with E-state index in [1.165, 1.54) is 30.2 Å². The standard InChI is InChI=1S/C18H23ClN2O5/c1-17(2,3)18(8-5-9-21(18)16(24)25)15(23)20-13-7-6-11(19)10-12(13)14(22)26-4/h6-7,10H,5,8-9H2,1-4H3,(H,20,23)(H,24,25)/t18-/m1/s1. The van der Waals surface area contributed by atoms with Crippen LogP contribution in [0.3, 0.4) is 0 Å². The van der Waals surface area contributed by atoms with Gasteiger partial charge in [-0.05, 0) is 36.5 Å². The molecule has 142 valence electrons. The molecule has 1 fully saturated rings. The Kier molecular flexibility index (Phi) is 5.51. The van der Waals surface area contributed by atoms with Crippen molar-refractivity contribution >= 4 is 35.3 Å². The van der Waals surface area contributed by atoms with Crippen molar-refractivity contribution in [2.24, 2.45) is 5.41 Å². The number of benzene rings is 1. The van der Waals surface area contributed by atoms with Crippen LogP contribution in [0.1, 0.15) is 44.0 Å². The van der Waals surface area contributed by atoms with Gasteiger partial charge in [0.1, 0.15) is 5.54 Å². The van der Waals surface area contributed by atoms with E-state index in [1.54, 1.807) is 0 Å². The molecular weight excluding hydrogens is 360 g/mol. The van der Waals surface area contributed by atoms with Crippen LogP contribution in [0.15, 0.2) is 18.2 Å². The van der Waals surface area contributed by atoms with E-state index in [2.05, 4.69) is 5.32 Å². The minimum atomic E-state index is -1.24. The van der Waals surface area contributed by atoms with Crippen molar-refractivity contribution in [2.75, 3.05) is 19.0 Å². The summed E-state index contributed by atoms with van der Waals surface area (Å²) in [7, 11) is 1.23. The van der Waals surface area contributed by atoms with Crippen molar-refractivity contribution in [1.82, 2.24) is 4.90 Å². The number of nitrogens with zero attached hydrogens (tertiary/aromatic N) is 1. The first-order chi connectivity index (χ1) is 12.0. The highest BCUT2D eigenvalue weighted by Crippen LogP contribution is 2.44. The third-order valence-electron chi connectivity index (χ3n) is 4.86. The molecular formula is C18H23ClN2O5. The number of rotatable bonds is 3. The predicted molar refractivity (Wildman–Crippen MR) is 97.6 cm³/mol. The zero-order valence-corrected chi connectivity index (χ0v) is 16.0. The molecule has 0 bridgehead atoms. The lowest BCUT2D eigenvalue weighted by Crippen LogP contribution is -2.62. The maximum Gasteiger partial charge on any atom is 0.408 e. The summed E-state index contributed by atoms with van der Waals surface area (Å²) in [5, 5.41) is 12.6. The van der Waals surface area contributed by atoms with E-state index in [0.29, 0.717) is 17.9 Å². The maximum absolute atomic E-state index is 13.2. The number of esters is 1. The Morgan fingerprint density at radius 2 is 1.96 bits per heavy atom. The summed E-state index contributed by atoms with van der Waals surface area (Å²) in [6.45, 7) is 5.77. The Balaban J connectivity index is 2.47. The number of carboxylic acid groups (broad SMARTS) is 1. The van der Waals surface area contributed by atoms with Crippen molar-refractivity contribution in [3.05, 3.63) is 28.8 Å². The summed E-state index contributed by atoms with van der Waals surface area (Å²) in [5.41, 5.74) is -1.56. The lowest BCUT2D eigenvalue weighted by atomic mass is 9.71. The van der Waals surface area contributed by atoms with Gasteiger partial charge in [0.05, 0.1) is 18.4 Å². The summed E-state index contributed by atoms with van der Waals surface area (Å²) < 4.78 is 4.74. The topological polar surface area (TPSA) is 95.9 Å². The molecule has 1 atom stereocenters. The Bertz CT molecular complexity index is 744. The summed E-state index contributed by atoms with van der Waals surface area (Å²) in [6, 6.07) is 4.44. The number of amides is 2. The lowest BCUT2D eigenvalue weighted by Gasteiger charge is -2.45. The number of carbonyl (C=O) groups is 3. The minimum absolute atomic E-state index is 0.109. The Morgan fingerprint density at radius 1 is 1.31 bits per heavy atom. The number of hydrogen-bond acceptors (Lipinski definition) is 4. The molecule has 1 aromatic carbocycles. The van der Waals surface area contributed by atoms with E-state index < -0.39 is 28.9 Å². The number of anilines is 1. The number of likely N-dealkylation sites (tertiary alicyclic amines) is 1.